The summed E-state index contributed by atoms with van der Waals surface area (Å²) in [6, 6.07) is 7.40. The fourth-order valence-electron chi connectivity index (χ4n) is 3.32. The molecule has 2 N–H and O–H groups in total. The summed E-state index contributed by atoms with van der Waals surface area (Å²) in [5.41, 5.74) is 1.16. The molecule has 0 atom stereocenters. The van der Waals surface area contributed by atoms with Crippen LogP contribution in [0.3, 0.4) is 0 Å². The Bertz CT molecular complexity index is 1190. The minimum Gasteiger partial charge on any atom is -0.495 e. The van der Waals surface area contributed by atoms with E-state index in [1.54, 1.807) is 12.1 Å². The van der Waals surface area contributed by atoms with E-state index in [-0.39, 0.29) is 23.8 Å². The maximum absolute atomic E-state index is 12.8. The lowest BCUT2D eigenvalue weighted by Gasteiger charge is -2.14. The molecule has 0 saturated heterocycles. The zero-order valence-corrected chi connectivity index (χ0v) is 19.0. The van der Waals surface area contributed by atoms with E-state index in [1.165, 1.54) is 24.1 Å². The average molecular weight is 475 g/mol. The molecule has 11 heteroatoms. The van der Waals surface area contributed by atoms with Crippen LogP contribution >= 0.6 is 0 Å². The van der Waals surface area contributed by atoms with Gasteiger partial charge in [0.05, 0.1) is 42.4 Å². The van der Waals surface area contributed by atoms with Crippen molar-refractivity contribution in [2.24, 2.45) is 0 Å². The van der Waals surface area contributed by atoms with Crippen molar-refractivity contribution in [2.45, 2.75) is 32.9 Å². The molecule has 8 nitrogen and oxygen atoms in total. The average Bonchev–Trinajstić information content (AvgIpc) is 3.23. The quantitative estimate of drug-likeness (QED) is 0.536. The number of ether oxygens (including phenoxy) is 1. The summed E-state index contributed by atoms with van der Waals surface area (Å²) in [7, 11) is 1.48. The lowest BCUT2D eigenvalue weighted by molar-refractivity contribution is -0.137. The number of hydrogen-bond acceptors (Lipinski definition) is 5. The van der Waals surface area contributed by atoms with Crippen molar-refractivity contribution in [1.29, 1.82) is 0 Å². The Balaban J connectivity index is 1.75. The Kier molecular flexibility index (Phi) is 7.23. The molecule has 2 heterocycles. The van der Waals surface area contributed by atoms with Crippen LogP contribution in [0.1, 0.15) is 46.9 Å². The number of methoxy groups -OCH3 is 1. The van der Waals surface area contributed by atoms with Gasteiger partial charge in [-0.15, -0.1) is 0 Å². The van der Waals surface area contributed by atoms with Gasteiger partial charge in [-0.3, -0.25) is 9.59 Å². The molecule has 1 aromatic carbocycles. The first-order valence-corrected chi connectivity index (χ1v) is 10.4. The van der Waals surface area contributed by atoms with E-state index >= 15 is 0 Å². The molecular formula is C23H24F3N5O3. The molecule has 0 aliphatic heterocycles. The first kappa shape index (κ1) is 24.7. The lowest BCUT2D eigenvalue weighted by atomic mass is 10.1. The molecule has 0 unspecified atom stereocenters. The summed E-state index contributed by atoms with van der Waals surface area (Å²) < 4.78 is 45.0. The van der Waals surface area contributed by atoms with Crippen LogP contribution in [0.4, 0.5) is 18.9 Å². The number of alkyl halides is 3. The second-order valence-electron chi connectivity index (χ2n) is 7.85. The number of nitrogens with one attached hydrogen (secondary N) is 2. The highest BCUT2D eigenvalue weighted by molar-refractivity contribution is 6.00. The third-order valence-electron chi connectivity index (χ3n) is 4.93. The molecule has 34 heavy (non-hydrogen) atoms. The normalized spacial score (nSPS) is 11.4. The van der Waals surface area contributed by atoms with Crippen LogP contribution in [0.5, 0.6) is 5.75 Å². The molecule has 0 radical (unpaired) electrons. The van der Waals surface area contributed by atoms with Gasteiger partial charge in [-0.05, 0) is 42.7 Å². The summed E-state index contributed by atoms with van der Waals surface area (Å²) >= 11 is 0. The third-order valence-corrected chi connectivity index (χ3v) is 4.93. The molecular weight excluding hydrogens is 451 g/mol. The zero-order valence-electron chi connectivity index (χ0n) is 19.0. The van der Waals surface area contributed by atoms with Gasteiger partial charge >= 0.3 is 6.18 Å². The predicted octanol–water partition coefficient (Wildman–Crippen LogP) is 4.10. The third kappa shape index (κ3) is 5.53. The summed E-state index contributed by atoms with van der Waals surface area (Å²) in [5.74, 6) is -0.594. The van der Waals surface area contributed by atoms with Gasteiger partial charge < -0.3 is 15.4 Å². The van der Waals surface area contributed by atoms with Gasteiger partial charge in [0.1, 0.15) is 5.75 Å². The Morgan fingerprint density at radius 1 is 1.15 bits per heavy atom. The van der Waals surface area contributed by atoms with Crippen molar-refractivity contribution in [2.75, 3.05) is 19.0 Å². The molecule has 0 aliphatic rings. The Morgan fingerprint density at radius 2 is 1.88 bits per heavy atom. The molecule has 0 fully saturated rings. The fourth-order valence-corrected chi connectivity index (χ4v) is 3.32. The molecule has 0 saturated carbocycles. The number of pyridine rings is 1. The minimum atomic E-state index is -4.51. The van der Waals surface area contributed by atoms with Gasteiger partial charge in [0.25, 0.3) is 5.91 Å². The van der Waals surface area contributed by atoms with E-state index in [0.717, 1.165) is 11.6 Å². The molecule has 0 spiro atoms. The minimum absolute atomic E-state index is 0.139. The van der Waals surface area contributed by atoms with Crippen molar-refractivity contribution in [3.05, 3.63) is 65.1 Å². The van der Waals surface area contributed by atoms with Gasteiger partial charge in [0.15, 0.2) is 5.82 Å². The second-order valence-corrected chi connectivity index (χ2v) is 7.85. The van der Waals surface area contributed by atoms with E-state index in [2.05, 4.69) is 20.7 Å². The standard InChI is InChI=1S/C23H24F3N5O3/c1-13(2)21-16(11-29-31(21)19-8-6-15(10-27-19)23(24,25)26)22(33)28-12-20(32)30-17-9-14(3)5-7-18(17)34-4/h5-11,13H,12H2,1-4H3,(H,28,33)(H,30,32). The van der Waals surface area contributed by atoms with E-state index in [1.807, 2.05) is 26.8 Å². The summed E-state index contributed by atoms with van der Waals surface area (Å²) in [5, 5.41) is 9.38. The molecule has 2 amide bonds. The van der Waals surface area contributed by atoms with Crippen LogP contribution in [0.2, 0.25) is 0 Å². The van der Waals surface area contributed by atoms with Crippen LogP contribution in [0.25, 0.3) is 5.82 Å². The van der Waals surface area contributed by atoms with Crippen molar-refractivity contribution in [1.82, 2.24) is 20.1 Å². The van der Waals surface area contributed by atoms with Crippen LogP contribution in [-0.4, -0.2) is 40.2 Å². The monoisotopic (exact) mass is 475 g/mol. The summed E-state index contributed by atoms with van der Waals surface area (Å²) in [6.07, 6.45) is -2.50. The number of aromatic nitrogens is 3. The number of carbonyl (C=O) groups is 2. The number of halogens is 3. The topological polar surface area (TPSA) is 98.1 Å². The van der Waals surface area contributed by atoms with E-state index in [4.69, 9.17) is 4.74 Å². The number of amides is 2. The van der Waals surface area contributed by atoms with Crippen molar-refractivity contribution in [3.63, 3.8) is 0 Å². The van der Waals surface area contributed by atoms with Crippen LogP contribution in [0, 0.1) is 6.92 Å². The van der Waals surface area contributed by atoms with Gasteiger partial charge in [0.2, 0.25) is 5.91 Å². The summed E-state index contributed by atoms with van der Waals surface area (Å²) in [4.78, 5) is 29.0. The second kappa shape index (κ2) is 9.94. The first-order chi connectivity index (χ1) is 16.0. The fraction of sp³-hybridized carbons (Fsp3) is 0.304. The maximum Gasteiger partial charge on any atom is 0.417 e. The van der Waals surface area contributed by atoms with E-state index < -0.39 is 23.6 Å². The van der Waals surface area contributed by atoms with Gasteiger partial charge in [0, 0.05) is 6.20 Å². The van der Waals surface area contributed by atoms with Crippen molar-refractivity contribution in [3.8, 4) is 11.6 Å². The van der Waals surface area contributed by atoms with Crippen LogP contribution in [0.15, 0.2) is 42.7 Å². The maximum atomic E-state index is 12.8. The molecule has 0 bridgehead atoms. The number of hydrogen-bond donors (Lipinski definition) is 2. The van der Waals surface area contributed by atoms with Crippen molar-refractivity contribution >= 4 is 17.5 Å². The molecule has 0 aliphatic carbocycles. The smallest absolute Gasteiger partial charge is 0.417 e. The molecule has 3 aromatic rings. The summed E-state index contributed by atoms with van der Waals surface area (Å²) in [6.45, 7) is 5.18. The van der Waals surface area contributed by atoms with Gasteiger partial charge in [-0.25, -0.2) is 9.67 Å². The number of benzene rings is 1. The number of rotatable bonds is 7. The Morgan fingerprint density at radius 3 is 2.47 bits per heavy atom. The SMILES string of the molecule is COc1ccc(C)cc1NC(=O)CNC(=O)c1cnn(-c2ccc(C(F)(F)F)cn2)c1C(C)C. The highest BCUT2D eigenvalue weighted by atomic mass is 19.4. The van der Waals surface area contributed by atoms with Crippen molar-refractivity contribution < 1.29 is 27.5 Å². The lowest BCUT2D eigenvalue weighted by Crippen LogP contribution is -2.33. The predicted molar refractivity (Wildman–Crippen MR) is 119 cm³/mol. The number of nitrogens with zero attached hydrogens (tertiary/aromatic N) is 3. The van der Waals surface area contributed by atoms with Gasteiger partial charge in [-0.2, -0.15) is 18.3 Å². The number of aryl methyl sites for hydroxylation is 1. The number of anilines is 1. The van der Waals surface area contributed by atoms with E-state index in [0.29, 0.717) is 23.3 Å². The first-order valence-electron chi connectivity index (χ1n) is 10.4. The Hall–Kier alpha value is -3.89. The highest BCUT2D eigenvalue weighted by Crippen LogP contribution is 2.29. The zero-order chi connectivity index (χ0) is 25.0. The molecule has 3 rings (SSSR count). The largest absolute Gasteiger partial charge is 0.495 e. The number of carbonyl (C=O) groups excluding carboxylic acids is 2. The van der Waals surface area contributed by atoms with Crippen LogP contribution < -0.4 is 15.4 Å². The molecule has 180 valence electrons. The molecule has 2 aromatic heterocycles. The van der Waals surface area contributed by atoms with Crippen LogP contribution in [-0.2, 0) is 11.0 Å². The van der Waals surface area contributed by atoms with E-state index in [9.17, 15) is 22.8 Å². The Labute approximate surface area is 194 Å². The highest BCUT2D eigenvalue weighted by Gasteiger charge is 2.31. The van der Waals surface area contributed by atoms with Gasteiger partial charge in [-0.1, -0.05) is 19.9 Å².